The Labute approximate surface area is 439 Å². The first-order valence-corrected chi connectivity index (χ1v) is 25.1. The minimum absolute atomic E-state index is 0.153. The normalized spacial score (nSPS) is 17.4. The molecule has 2 atom stereocenters. The molecule has 76 heavy (non-hydrogen) atoms. The van der Waals surface area contributed by atoms with E-state index in [4.69, 9.17) is 38.4 Å². The largest absolute Gasteiger partial charge is 0.493 e. The second-order valence-electron chi connectivity index (χ2n) is 18.7. The summed E-state index contributed by atoms with van der Waals surface area (Å²) >= 11 is 0. The van der Waals surface area contributed by atoms with Crippen LogP contribution in [0.15, 0.2) is 131 Å². The van der Waals surface area contributed by atoms with Gasteiger partial charge in [0, 0.05) is 73.1 Å². The van der Waals surface area contributed by atoms with Crippen molar-refractivity contribution in [1.82, 2.24) is 9.80 Å². The predicted molar refractivity (Wildman–Crippen MR) is 288 cm³/mol. The van der Waals surface area contributed by atoms with Crippen LogP contribution < -0.4 is 33.9 Å². The number of methoxy groups -OCH3 is 2. The van der Waals surface area contributed by atoms with Crippen molar-refractivity contribution in [2.45, 2.75) is 58.5 Å². The minimum atomic E-state index is -0.334. The molecule has 0 radical (unpaired) electrons. The van der Waals surface area contributed by atoms with Gasteiger partial charge in [0.25, 0.3) is 23.6 Å². The van der Waals surface area contributed by atoms with Crippen LogP contribution in [0.5, 0.6) is 28.7 Å². The molecular weight excluding hydrogens is 969 g/mol. The maximum Gasteiger partial charge on any atom is 0.261 e. The number of aryl methyl sites for hydroxylation is 1. The van der Waals surface area contributed by atoms with Crippen LogP contribution in [0.1, 0.15) is 77.4 Å². The number of fused-ring (bicyclic) bond motifs is 4. The van der Waals surface area contributed by atoms with Crippen LogP contribution in [0.4, 0.5) is 22.7 Å². The number of hydrogen-bond donors (Lipinski definition) is 1. The average molecular weight is 1030 g/mol. The van der Waals surface area contributed by atoms with Crippen LogP contribution in [0.2, 0.25) is 0 Å². The van der Waals surface area contributed by atoms with Gasteiger partial charge < -0.3 is 43.5 Å². The first kappa shape index (κ1) is 50.7. The maximum absolute atomic E-state index is 14.0. The van der Waals surface area contributed by atoms with E-state index in [1.54, 1.807) is 90.5 Å². The van der Waals surface area contributed by atoms with E-state index < -0.39 is 0 Å². The number of aliphatic imine (C=N–C) groups is 2. The molecule has 5 aromatic rings. The summed E-state index contributed by atoms with van der Waals surface area (Å²) in [5.41, 5.74) is 8.96. The van der Waals surface area contributed by atoms with Crippen molar-refractivity contribution in [2.75, 3.05) is 57.5 Å². The lowest BCUT2D eigenvalue weighted by Crippen LogP contribution is -2.32. The van der Waals surface area contributed by atoms with Crippen molar-refractivity contribution >= 4 is 75.9 Å². The van der Waals surface area contributed by atoms with Crippen molar-refractivity contribution < 1.29 is 52.4 Å². The van der Waals surface area contributed by atoms with Crippen LogP contribution in [-0.4, -0.2) is 111 Å². The topological polar surface area (TPSA) is 187 Å². The quantitative estimate of drug-likeness (QED) is 0.0614. The number of benzene rings is 5. The van der Waals surface area contributed by atoms with Crippen LogP contribution in [0, 0.1) is 0 Å². The molecule has 17 nitrogen and oxygen atoms in total. The van der Waals surface area contributed by atoms with Gasteiger partial charge in [0.15, 0.2) is 23.0 Å². The van der Waals surface area contributed by atoms with Crippen molar-refractivity contribution in [3.8, 4) is 28.7 Å². The lowest BCUT2D eigenvalue weighted by molar-refractivity contribution is -0.121. The first-order valence-electron chi connectivity index (χ1n) is 25.1. The van der Waals surface area contributed by atoms with Crippen LogP contribution >= 0.6 is 0 Å². The summed E-state index contributed by atoms with van der Waals surface area (Å²) in [5.74, 6) is 0.842. The zero-order chi connectivity index (χ0) is 53.0. The fraction of sp³-hybridized carbons (Fsp3) is 0.271. The molecule has 5 aromatic carbocycles. The summed E-state index contributed by atoms with van der Waals surface area (Å²) in [6.45, 7) is 6.10. The SMILES string of the molecule is CCc1ccc(C2=CN3C(=O)c4cc(OC)c(OCCCOc5cc6c(cc5OC)C(=O)N5C=C(c7ccc(NC(=O)COCCOc8ccc(N9C(=O)C(C)=C(C)C9=O)cc8)cc7)C[C@H]5C=N6)cc4N=C[C@@H]3C2)cc1. The standard InChI is InChI=1S/C59H56N6O11/c1-6-37-8-10-38(11-9-37)40-24-44-30-60-49-28-53(51(71-4)26-47(49)58(69)63(44)32-40)75-20-7-21-76-54-29-50-48(27-52(54)72-5)59(70)64-33-41(25-45(64)31-61-50)39-12-14-42(15-13-39)62-55(66)34-73-22-23-74-46-18-16-43(17-19-46)65-56(67)35(2)36(3)57(65)68/h8-19,26-33,44-45H,6-7,20-25,34H2,1-5H3,(H,62,66)/t44-,45-/m0/s1. The van der Waals surface area contributed by atoms with E-state index >= 15 is 0 Å². The molecule has 0 fully saturated rings. The van der Waals surface area contributed by atoms with Gasteiger partial charge in [-0.05, 0) is 96.6 Å². The molecule has 1 N–H and O–H groups in total. The molecule has 0 saturated carbocycles. The Morgan fingerprint density at radius 2 is 1.12 bits per heavy atom. The van der Waals surface area contributed by atoms with Crippen molar-refractivity contribution in [1.29, 1.82) is 0 Å². The second-order valence-corrected chi connectivity index (χ2v) is 18.7. The average Bonchev–Trinajstić information content (AvgIpc) is 4.11. The van der Waals surface area contributed by atoms with E-state index in [-0.39, 0.29) is 74.7 Å². The number of amides is 5. The number of imide groups is 1. The molecule has 5 aliphatic heterocycles. The molecule has 0 aromatic heterocycles. The molecule has 0 aliphatic carbocycles. The molecular formula is C59H56N6O11. The fourth-order valence-corrected chi connectivity index (χ4v) is 9.54. The zero-order valence-electron chi connectivity index (χ0n) is 42.8. The van der Waals surface area contributed by atoms with Gasteiger partial charge in [-0.15, -0.1) is 0 Å². The highest BCUT2D eigenvalue weighted by atomic mass is 16.5. The Balaban J connectivity index is 0.682. The summed E-state index contributed by atoms with van der Waals surface area (Å²) < 4.78 is 34.9. The van der Waals surface area contributed by atoms with Gasteiger partial charge in [-0.2, -0.15) is 0 Å². The van der Waals surface area contributed by atoms with E-state index in [0.717, 1.165) is 33.6 Å². The van der Waals surface area contributed by atoms with Crippen molar-refractivity contribution in [2.24, 2.45) is 9.98 Å². The monoisotopic (exact) mass is 1020 g/mol. The molecule has 0 spiro atoms. The lowest BCUT2D eigenvalue weighted by atomic mass is 10.0. The number of hydrogen-bond acceptors (Lipinski definition) is 13. The number of anilines is 2. The molecule has 0 unspecified atom stereocenters. The predicted octanol–water partition coefficient (Wildman–Crippen LogP) is 9.30. The van der Waals surface area contributed by atoms with Gasteiger partial charge in [-0.1, -0.05) is 43.3 Å². The van der Waals surface area contributed by atoms with E-state index in [1.165, 1.54) is 19.8 Å². The Morgan fingerprint density at radius 1 is 0.605 bits per heavy atom. The second kappa shape index (κ2) is 21.9. The summed E-state index contributed by atoms with van der Waals surface area (Å²) in [7, 11) is 3.06. The molecule has 5 heterocycles. The summed E-state index contributed by atoms with van der Waals surface area (Å²) in [4.78, 5) is 79.5. The number of carbonyl (C=O) groups excluding carboxylic acids is 5. The number of nitrogens with zero attached hydrogens (tertiary/aromatic N) is 5. The van der Waals surface area contributed by atoms with E-state index in [9.17, 15) is 24.0 Å². The highest BCUT2D eigenvalue weighted by Gasteiger charge is 2.36. The van der Waals surface area contributed by atoms with E-state index in [2.05, 4.69) is 36.5 Å². The summed E-state index contributed by atoms with van der Waals surface area (Å²) in [6.07, 6.45) is 10.0. The number of carbonyl (C=O) groups is 5. The smallest absolute Gasteiger partial charge is 0.261 e. The van der Waals surface area contributed by atoms with Crippen molar-refractivity contribution in [3.05, 3.63) is 148 Å². The summed E-state index contributed by atoms with van der Waals surface area (Å²) in [6, 6.07) is 28.7. The number of rotatable bonds is 19. The van der Waals surface area contributed by atoms with Crippen LogP contribution in [0.25, 0.3) is 11.1 Å². The molecule has 5 amide bonds. The van der Waals surface area contributed by atoms with Crippen molar-refractivity contribution in [3.63, 3.8) is 0 Å². The van der Waals surface area contributed by atoms with E-state index in [1.807, 2.05) is 30.7 Å². The third-order valence-corrected chi connectivity index (χ3v) is 13.9. The Hall–Kier alpha value is -8.83. The Bertz CT molecular complexity index is 3260. The molecule has 388 valence electrons. The van der Waals surface area contributed by atoms with Gasteiger partial charge in [0.1, 0.15) is 19.0 Å². The molecule has 5 aliphatic rings. The van der Waals surface area contributed by atoms with Gasteiger partial charge in [0.2, 0.25) is 5.91 Å². The Morgan fingerprint density at radius 3 is 1.62 bits per heavy atom. The highest BCUT2D eigenvalue weighted by Crippen LogP contribution is 2.42. The molecule has 0 saturated heterocycles. The van der Waals surface area contributed by atoms with Gasteiger partial charge in [0.05, 0.1) is 74.3 Å². The fourth-order valence-electron chi connectivity index (χ4n) is 9.54. The lowest BCUT2D eigenvalue weighted by Gasteiger charge is -2.19. The molecule has 0 bridgehead atoms. The number of ether oxygens (including phenoxy) is 6. The maximum atomic E-state index is 14.0. The molecule has 10 rings (SSSR count). The van der Waals surface area contributed by atoms with Gasteiger partial charge >= 0.3 is 0 Å². The first-order chi connectivity index (χ1) is 36.9. The Kier molecular flexibility index (Phi) is 14.6. The summed E-state index contributed by atoms with van der Waals surface area (Å²) in [5, 5.41) is 2.84. The van der Waals surface area contributed by atoms with Crippen LogP contribution in [-0.2, 0) is 25.5 Å². The third-order valence-electron chi connectivity index (χ3n) is 13.9. The van der Waals surface area contributed by atoms with Crippen LogP contribution in [0.3, 0.4) is 0 Å². The van der Waals surface area contributed by atoms with Gasteiger partial charge in [-0.25, -0.2) is 4.90 Å². The minimum Gasteiger partial charge on any atom is -0.493 e. The van der Waals surface area contributed by atoms with E-state index in [0.29, 0.717) is 93.0 Å². The zero-order valence-corrected chi connectivity index (χ0v) is 42.8. The molecule has 17 heteroatoms. The van der Waals surface area contributed by atoms with Gasteiger partial charge in [-0.3, -0.25) is 34.0 Å². The number of nitrogens with one attached hydrogen (secondary N) is 1. The third kappa shape index (κ3) is 10.3. The highest BCUT2D eigenvalue weighted by molar-refractivity contribution is 6.32.